The van der Waals surface area contributed by atoms with Crippen molar-refractivity contribution in [2.24, 2.45) is 0 Å². The zero-order valence-corrected chi connectivity index (χ0v) is 19.1. The summed E-state index contributed by atoms with van der Waals surface area (Å²) in [7, 11) is -3.81. The molecular weight excluding hydrogens is 456 g/mol. The number of morpholine rings is 1. The van der Waals surface area contributed by atoms with Crippen molar-refractivity contribution in [1.29, 1.82) is 0 Å². The molecule has 0 spiro atoms. The van der Waals surface area contributed by atoms with Gasteiger partial charge in [0.25, 0.3) is 5.91 Å². The van der Waals surface area contributed by atoms with Gasteiger partial charge in [0.05, 0.1) is 28.7 Å². The van der Waals surface area contributed by atoms with Crippen LogP contribution < -0.4 is 4.90 Å². The Labute approximate surface area is 191 Å². The lowest BCUT2D eigenvalue weighted by Gasteiger charge is -2.26. The number of fused-ring (bicyclic) bond motifs is 1. The molecule has 2 heterocycles. The van der Waals surface area contributed by atoms with Gasteiger partial charge >= 0.3 is 5.97 Å². The number of amides is 1. The van der Waals surface area contributed by atoms with E-state index in [1.165, 1.54) is 22.5 Å². The molecule has 0 saturated carbocycles. The largest absolute Gasteiger partial charge is 0.452 e. The van der Waals surface area contributed by atoms with Crippen molar-refractivity contribution in [2.75, 3.05) is 37.8 Å². The molecule has 0 bridgehead atoms. The molecule has 0 aromatic heterocycles. The zero-order chi connectivity index (χ0) is 22.9. The van der Waals surface area contributed by atoms with Crippen LogP contribution >= 0.6 is 11.6 Å². The van der Waals surface area contributed by atoms with Crippen LogP contribution in [0, 0.1) is 0 Å². The predicted molar refractivity (Wildman–Crippen MR) is 118 cm³/mol. The van der Waals surface area contributed by atoms with Gasteiger partial charge in [-0.3, -0.25) is 4.79 Å². The number of carbonyl (C=O) groups excluding carboxylic acids is 2. The molecule has 1 fully saturated rings. The van der Waals surface area contributed by atoms with E-state index in [2.05, 4.69) is 0 Å². The maximum absolute atomic E-state index is 12.9. The number of para-hydroxylation sites is 1. The van der Waals surface area contributed by atoms with Gasteiger partial charge in [0.15, 0.2) is 6.61 Å². The standard InChI is InChI=1S/C22H23ClN2O6S/c1-15-12-16-4-2-3-5-20(16)25(15)21(26)14-31-22(27)18-13-17(6-7-19(18)23)32(28,29)24-8-10-30-11-9-24/h2-7,13,15H,8-12,14H2,1H3. The highest BCUT2D eigenvalue weighted by Gasteiger charge is 2.32. The molecule has 10 heteroatoms. The highest BCUT2D eigenvalue weighted by Crippen LogP contribution is 2.32. The lowest BCUT2D eigenvalue weighted by atomic mass is 10.1. The van der Waals surface area contributed by atoms with Crippen LogP contribution in [-0.2, 0) is 30.7 Å². The van der Waals surface area contributed by atoms with Crippen LogP contribution in [0.25, 0.3) is 0 Å². The van der Waals surface area contributed by atoms with Crippen LogP contribution in [-0.4, -0.2) is 63.6 Å². The smallest absolute Gasteiger partial charge is 0.340 e. The van der Waals surface area contributed by atoms with E-state index < -0.39 is 22.6 Å². The fourth-order valence-corrected chi connectivity index (χ4v) is 5.61. The summed E-state index contributed by atoms with van der Waals surface area (Å²) >= 11 is 6.13. The van der Waals surface area contributed by atoms with Gasteiger partial charge in [-0.15, -0.1) is 0 Å². The van der Waals surface area contributed by atoms with E-state index >= 15 is 0 Å². The van der Waals surface area contributed by atoms with E-state index in [1.807, 2.05) is 31.2 Å². The molecule has 32 heavy (non-hydrogen) atoms. The number of halogens is 1. The third kappa shape index (κ3) is 4.38. The Hall–Kier alpha value is -2.46. The number of anilines is 1. The van der Waals surface area contributed by atoms with E-state index in [4.69, 9.17) is 21.1 Å². The van der Waals surface area contributed by atoms with E-state index in [-0.39, 0.29) is 40.5 Å². The monoisotopic (exact) mass is 478 g/mol. The molecule has 4 rings (SSSR count). The summed E-state index contributed by atoms with van der Waals surface area (Å²) in [6.45, 7) is 2.53. The minimum atomic E-state index is -3.81. The summed E-state index contributed by atoms with van der Waals surface area (Å²) < 4.78 is 37.5. The van der Waals surface area contributed by atoms with Gasteiger partial charge in [-0.1, -0.05) is 29.8 Å². The number of hydrogen-bond acceptors (Lipinski definition) is 6. The quantitative estimate of drug-likeness (QED) is 0.613. The van der Waals surface area contributed by atoms with Gasteiger partial charge in [0.1, 0.15) is 0 Å². The molecule has 2 aromatic rings. The third-order valence-corrected chi connectivity index (χ3v) is 7.79. The van der Waals surface area contributed by atoms with Crippen LogP contribution in [0.3, 0.4) is 0 Å². The first-order chi connectivity index (χ1) is 15.3. The van der Waals surface area contributed by atoms with Crippen molar-refractivity contribution in [3.63, 3.8) is 0 Å². The zero-order valence-electron chi connectivity index (χ0n) is 17.5. The molecule has 0 N–H and O–H groups in total. The second-order valence-electron chi connectivity index (χ2n) is 7.68. The molecular formula is C22H23ClN2O6S. The maximum Gasteiger partial charge on any atom is 0.340 e. The molecule has 0 aliphatic carbocycles. The number of esters is 1. The molecule has 1 saturated heterocycles. The fourth-order valence-electron chi connectivity index (χ4n) is 3.98. The summed E-state index contributed by atoms with van der Waals surface area (Å²) in [6.07, 6.45) is 0.725. The molecule has 2 aliphatic heterocycles. The van der Waals surface area contributed by atoms with E-state index in [0.717, 1.165) is 17.7 Å². The minimum Gasteiger partial charge on any atom is -0.452 e. The van der Waals surface area contributed by atoms with E-state index in [0.29, 0.717) is 13.2 Å². The van der Waals surface area contributed by atoms with Crippen LogP contribution in [0.5, 0.6) is 0 Å². The molecule has 2 aromatic carbocycles. The third-order valence-electron chi connectivity index (χ3n) is 5.57. The maximum atomic E-state index is 12.9. The molecule has 8 nitrogen and oxygen atoms in total. The van der Waals surface area contributed by atoms with Crippen LogP contribution in [0.2, 0.25) is 5.02 Å². The van der Waals surface area contributed by atoms with Gasteiger partial charge in [0, 0.05) is 24.8 Å². The number of hydrogen-bond donors (Lipinski definition) is 0. The Morgan fingerprint density at radius 2 is 1.88 bits per heavy atom. The number of carbonyl (C=O) groups is 2. The van der Waals surface area contributed by atoms with E-state index in [1.54, 1.807) is 4.90 Å². The average Bonchev–Trinajstić information content (AvgIpc) is 3.13. The van der Waals surface area contributed by atoms with Crippen LogP contribution in [0.15, 0.2) is 47.4 Å². The van der Waals surface area contributed by atoms with Crippen LogP contribution in [0.4, 0.5) is 5.69 Å². The topological polar surface area (TPSA) is 93.2 Å². The van der Waals surface area contributed by atoms with Crippen molar-refractivity contribution in [3.8, 4) is 0 Å². The molecule has 0 radical (unpaired) electrons. The summed E-state index contributed by atoms with van der Waals surface area (Å²) in [4.78, 5) is 27.0. The molecule has 170 valence electrons. The highest BCUT2D eigenvalue weighted by molar-refractivity contribution is 7.89. The molecule has 1 unspecified atom stereocenters. The average molecular weight is 479 g/mol. The first-order valence-electron chi connectivity index (χ1n) is 10.2. The van der Waals surface area contributed by atoms with Crippen molar-refractivity contribution in [2.45, 2.75) is 24.3 Å². The second-order valence-corrected chi connectivity index (χ2v) is 10.0. The summed E-state index contributed by atoms with van der Waals surface area (Å²) in [5.41, 5.74) is 1.75. The van der Waals surface area contributed by atoms with Crippen molar-refractivity contribution in [1.82, 2.24) is 4.31 Å². The van der Waals surface area contributed by atoms with Gasteiger partial charge in [-0.2, -0.15) is 4.31 Å². The Morgan fingerprint density at radius 3 is 2.62 bits per heavy atom. The molecule has 1 amide bonds. The van der Waals surface area contributed by atoms with Crippen LogP contribution in [0.1, 0.15) is 22.8 Å². The molecule has 1 atom stereocenters. The van der Waals surface area contributed by atoms with Gasteiger partial charge in [-0.05, 0) is 43.2 Å². The predicted octanol–water partition coefficient (Wildman–Crippen LogP) is 2.50. The Kier molecular flexibility index (Phi) is 6.52. The first kappa shape index (κ1) is 22.7. The summed E-state index contributed by atoms with van der Waals surface area (Å²) in [5, 5.41) is 0.0447. The Bertz CT molecular complexity index is 1150. The van der Waals surface area contributed by atoms with Gasteiger partial charge < -0.3 is 14.4 Å². The minimum absolute atomic E-state index is 0.0447. The Morgan fingerprint density at radius 1 is 1.16 bits per heavy atom. The lowest BCUT2D eigenvalue weighted by molar-refractivity contribution is -0.122. The highest BCUT2D eigenvalue weighted by atomic mass is 35.5. The molecule has 2 aliphatic rings. The summed E-state index contributed by atoms with van der Waals surface area (Å²) in [5.74, 6) is -1.22. The fraction of sp³-hybridized carbons (Fsp3) is 0.364. The van der Waals surface area contributed by atoms with Crippen molar-refractivity contribution < 1.29 is 27.5 Å². The second kappa shape index (κ2) is 9.19. The number of nitrogens with zero attached hydrogens (tertiary/aromatic N) is 2. The normalized spacial score (nSPS) is 18.9. The number of ether oxygens (including phenoxy) is 2. The lowest BCUT2D eigenvalue weighted by Crippen LogP contribution is -2.40. The number of rotatable bonds is 5. The van der Waals surface area contributed by atoms with Gasteiger partial charge in [-0.25, -0.2) is 13.2 Å². The number of sulfonamides is 1. The summed E-state index contributed by atoms with van der Waals surface area (Å²) in [6, 6.07) is 11.4. The first-order valence-corrected chi connectivity index (χ1v) is 12.1. The van der Waals surface area contributed by atoms with Crippen molar-refractivity contribution in [3.05, 3.63) is 58.6 Å². The SMILES string of the molecule is CC1Cc2ccccc2N1C(=O)COC(=O)c1cc(S(=O)(=O)N2CCOCC2)ccc1Cl. The van der Waals surface area contributed by atoms with E-state index in [9.17, 15) is 18.0 Å². The van der Waals surface area contributed by atoms with Gasteiger partial charge in [0.2, 0.25) is 10.0 Å². The number of benzene rings is 2. The van der Waals surface area contributed by atoms with Crippen molar-refractivity contribution >= 4 is 39.2 Å². The Balaban J connectivity index is 1.48.